The summed E-state index contributed by atoms with van der Waals surface area (Å²) < 4.78 is 23.0. The van der Waals surface area contributed by atoms with Crippen molar-refractivity contribution in [3.05, 3.63) is 53.1 Å². The lowest BCUT2D eigenvalue weighted by molar-refractivity contribution is -0.169. The van der Waals surface area contributed by atoms with Gasteiger partial charge in [-0.05, 0) is 43.9 Å². The number of ether oxygens (including phenoxy) is 4. The van der Waals surface area contributed by atoms with E-state index in [9.17, 15) is 24.9 Å². The standard InChI is InChI=1S/C32H47NO9/c1-16(2)12-24(39-8)28(36)29(37)33-30(40-9)25-13-18(4)32(6,7)26(41-25)15-22(35)19(5)23-14-20-17(3)10-11-21(34)27(20)31(38)42-23/h10-11,19,22-26,28,30,34-36H,1,4,12-15H2,2-3,5-9H3,(H,33,37). The molecular formula is C32H47NO9. The van der Waals surface area contributed by atoms with Crippen LogP contribution in [-0.4, -0.2) is 84.3 Å². The first-order valence-electron chi connectivity index (χ1n) is 14.3. The van der Waals surface area contributed by atoms with E-state index in [-0.39, 0.29) is 17.7 Å². The third-order valence-corrected chi connectivity index (χ3v) is 8.89. The number of hydrogen-bond donors (Lipinski definition) is 4. The first-order chi connectivity index (χ1) is 19.6. The Balaban J connectivity index is 1.72. The van der Waals surface area contributed by atoms with Gasteiger partial charge in [0.05, 0.1) is 18.3 Å². The number of aliphatic hydroxyl groups is 2. The van der Waals surface area contributed by atoms with Crippen LogP contribution in [0.25, 0.3) is 0 Å². The van der Waals surface area contributed by atoms with Crippen LogP contribution in [-0.2, 0) is 30.2 Å². The van der Waals surface area contributed by atoms with Gasteiger partial charge in [-0.25, -0.2) is 4.79 Å². The number of aryl methyl sites for hydroxylation is 1. The average molecular weight is 590 g/mol. The average Bonchev–Trinajstić information content (AvgIpc) is 2.93. The van der Waals surface area contributed by atoms with Crippen LogP contribution < -0.4 is 5.32 Å². The SMILES string of the molecule is C=C(C)CC(OC)C(O)C(=O)NC(OC)C1CC(=C)C(C)(C)C(CC(O)C(C)C2Cc3c(C)ccc(O)c3C(=O)O2)O1. The molecular weight excluding hydrogens is 542 g/mol. The Bertz CT molecular complexity index is 1180. The summed E-state index contributed by atoms with van der Waals surface area (Å²) in [5, 5.41) is 34.9. The second kappa shape index (κ2) is 13.7. The van der Waals surface area contributed by atoms with Gasteiger partial charge in [-0.3, -0.25) is 4.79 Å². The van der Waals surface area contributed by atoms with E-state index in [1.165, 1.54) is 20.3 Å². The Kier molecular flexibility index (Phi) is 11.0. The smallest absolute Gasteiger partial charge is 0.342 e. The van der Waals surface area contributed by atoms with E-state index in [2.05, 4.69) is 18.5 Å². The van der Waals surface area contributed by atoms with Gasteiger partial charge in [-0.1, -0.05) is 44.6 Å². The maximum atomic E-state index is 12.9. The molecule has 0 saturated carbocycles. The summed E-state index contributed by atoms with van der Waals surface area (Å²) in [5.41, 5.74) is 2.89. The molecule has 0 aromatic heterocycles. The van der Waals surface area contributed by atoms with Gasteiger partial charge in [0.1, 0.15) is 23.5 Å². The highest BCUT2D eigenvalue weighted by molar-refractivity contribution is 5.95. The lowest BCUT2D eigenvalue weighted by Gasteiger charge is -2.47. The number of phenolic OH excluding ortho intramolecular Hbond substituents is 1. The second-order valence-electron chi connectivity index (χ2n) is 12.3. The number of hydrogen-bond acceptors (Lipinski definition) is 9. The Morgan fingerprint density at radius 2 is 1.86 bits per heavy atom. The monoisotopic (exact) mass is 589 g/mol. The molecule has 0 aliphatic carbocycles. The van der Waals surface area contributed by atoms with Gasteiger partial charge in [0.25, 0.3) is 5.91 Å². The van der Waals surface area contributed by atoms with Crippen molar-refractivity contribution in [2.24, 2.45) is 11.3 Å². The molecule has 1 amide bonds. The lowest BCUT2D eigenvalue weighted by Crippen LogP contribution is -2.56. The van der Waals surface area contributed by atoms with Gasteiger partial charge in [0.15, 0.2) is 12.3 Å². The Morgan fingerprint density at radius 3 is 2.45 bits per heavy atom. The maximum Gasteiger partial charge on any atom is 0.342 e. The zero-order valence-corrected chi connectivity index (χ0v) is 25.8. The minimum absolute atomic E-state index is 0.116. The summed E-state index contributed by atoms with van der Waals surface area (Å²) in [4.78, 5) is 25.7. The third-order valence-electron chi connectivity index (χ3n) is 8.89. The Hall–Kier alpha value is -2.76. The molecule has 1 aromatic carbocycles. The second-order valence-corrected chi connectivity index (χ2v) is 12.3. The number of aromatic hydroxyl groups is 1. The molecule has 2 aliphatic rings. The molecule has 2 aliphatic heterocycles. The number of phenols is 1. The van der Waals surface area contributed by atoms with Crippen LogP contribution in [0.15, 0.2) is 36.4 Å². The highest BCUT2D eigenvalue weighted by atomic mass is 16.6. The molecule has 1 saturated heterocycles. The van der Waals surface area contributed by atoms with E-state index in [4.69, 9.17) is 18.9 Å². The quantitative estimate of drug-likeness (QED) is 0.164. The van der Waals surface area contributed by atoms with E-state index >= 15 is 0 Å². The Morgan fingerprint density at radius 1 is 1.19 bits per heavy atom. The molecule has 0 spiro atoms. The van der Waals surface area contributed by atoms with Crippen LogP contribution in [0.2, 0.25) is 0 Å². The largest absolute Gasteiger partial charge is 0.507 e. The minimum atomic E-state index is -1.44. The normalized spacial score (nSPS) is 25.4. The lowest BCUT2D eigenvalue weighted by atomic mass is 9.72. The number of cyclic esters (lactones) is 1. The molecule has 1 fully saturated rings. The zero-order chi connectivity index (χ0) is 31.5. The molecule has 234 valence electrons. The van der Waals surface area contributed by atoms with Gasteiger partial charge in [-0.15, -0.1) is 6.58 Å². The number of fused-ring (bicyclic) bond motifs is 1. The number of rotatable bonds is 12. The first-order valence-corrected chi connectivity index (χ1v) is 14.3. The summed E-state index contributed by atoms with van der Waals surface area (Å²) >= 11 is 0. The van der Waals surface area contributed by atoms with Gasteiger partial charge >= 0.3 is 5.97 Å². The predicted molar refractivity (Wildman–Crippen MR) is 157 cm³/mol. The topological polar surface area (TPSA) is 144 Å². The van der Waals surface area contributed by atoms with Crippen molar-refractivity contribution in [2.75, 3.05) is 14.2 Å². The molecule has 1 aromatic rings. The first kappa shape index (κ1) is 33.7. The van der Waals surface area contributed by atoms with E-state index < -0.39 is 66.1 Å². The summed E-state index contributed by atoms with van der Waals surface area (Å²) in [6.07, 6.45) is -4.45. The molecule has 10 heteroatoms. The van der Waals surface area contributed by atoms with Crippen LogP contribution in [0.1, 0.15) is 68.4 Å². The van der Waals surface area contributed by atoms with Crippen LogP contribution in [0.5, 0.6) is 5.75 Å². The van der Waals surface area contributed by atoms with Crippen LogP contribution in [0.4, 0.5) is 0 Å². The number of methoxy groups -OCH3 is 2. The van der Waals surface area contributed by atoms with Crippen molar-refractivity contribution in [2.45, 2.75) is 103 Å². The molecule has 8 unspecified atom stereocenters. The van der Waals surface area contributed by atoms with Crippen LogP contribution >= 0.6 is 0 Å². The highest BCUT2D eigenvalue weighted by Crippen LogP contribution is 2.43. The van der Waals surface area contributed by atoms with Crippen molar-refractivity contribution < 1.29 is 43.9 Å². The summed E-state index contributed by atoms with van der Waals surface area (Å²) in [7, 11) is 2.86. The number of carbonyl (C=O) groups excluding carboxylic acids is 2. The maximum absolute atomic E-state index is 12.9. The van der Waals surface area contributed by atoms with Gasteiger partial charge < -0.3 is 39.6 Å². The number of nitrogens with one attached hydrogen (secondary N) is 1. The summed E-state index contributed by atoms with van der Waals surface area (Å²) in [5.74, 6) is -1.83. The van der Waals surface area contributed by atoms with Gasteiger partial charge in [0, 0.05) is 38.4 Å². The molecule has 0 radical (unpaired) electrons. The van der Waals surface area contributed by atoms with Crippen molar-refractivity contribution in [1.82, 2.24) is 5.32 Å². The van der Waals surface area contributed by atoms with Crippen molar-refractivity contribution in [3.63, 3.8) is 0 Å². The molecule has 10 nitrogen and oxygen atoms in total. The molecule has 3 rings (SSSR count). The van der Waals surface area contributed by atoms with Gasteiger partial charge in [0.2, 0.25) is 0 Å². The fourth-order valence-corrected chi connectivity index (χ4v) is 5.70. The fraction of sp³-hybridized carbons (Fsp3) is 0.625. The van der Waals surface area contributed by atoms with Gasteiger partial charge in [-0.2, -0.15) is 0 Å². The van der Waals surface area contributed by atoms with E-state index in [1.807, 2.05) is 27.7 Å². The number of carbonyl (C=O) groups is 2. The molecule has 4 N–H and O–H groups in total. The van der Waals surface area contributed by atoms with Crippen LogP contribution in [0, 0.1) is 18.3 Å². The predicted octanol–water partition coefficient (Wildman–Crippen LogP) is 3.34. The van der Waals surface area contributed by atoms with E-state index in [0.717, 1.165) is 22.3 Å². The molecule has 0 bridgehead atoms. The van der Waals surface area contributed by atoms with Crippen molar-refractivity contribution in [1.29, 1.82) is 0 Å². The minimum Gasteiger partial charge on any atom is -0.507 e. The molecule has 2 heterocycles. The number of esters is 1. The number of benzene rings is 1. The fourth-order valence-electron chi connectivity index (χ4n) is 5.70. The van der Waals surface area contributed by atoms with Crippen molar-refractivity contribution in [3.8, 4) is 5.75 Å². The molecule has 42 heavy (non-hydrogen) atoms. The van der Waals surface area contributed by atoms with Crippen LogP contribution in [0.3, 0.4) is 0 Å². The molecule has 8 atom stereocenters. The summed E-state index contributed by atoms with van der Waals surface area (Å²) in [6, 6.07) is 3.24. The third kappa shape index (κ3) is 7.23. The van der Waals surface area contributed by atoms with E-state index in [1.54, 1.807) is 13.0 Å². The van der Waals surface area contributed by atoms with E-state index in [0.29, 0.717) is 19.3 Å². The number of amides is 1. The zero-order valence-electron chi connectivity index (χ0n) is 25.8. The number of aliphatic hydroxyl groups excluding tert-OH is 2. The van der Waals surface area contributed by atoms with Crippen molar-refractivity contribution >= 4 is 11.9 Å². The highest BCUT2D eigenvalue weighted by Gasteiger charge is 2.45. The Labute approximate surface area is 248 Å². The summed E-state index contributed by atoms with van der Waals surface area (Å²) in [6.45, 7) is 17.5.